The van der Waals surface area contributed by atoms with Gasteiger partial charge in [0.2, 0.25) is 5.91 Å². The number of carbonyl (C=O) groups excluding carboxylic acids is 1. The number of carboxylic acids is 1. The van der Waals surface area contributed by atoms with Crippen LogP contribution in [-0.2, 0) is 27.0 Å². The number of carboxylic acid groups (broad SMARTS) is 1. The maximum Gasteiger partial charge on any atom is 0.303 e. The summed E-state index contributed by atoms with van der Waals surface area (Å²) in [4.78, 5) is 24.4. The van der Waals surface area contributed by atoms with Crippen molar-refractivity contribution in [2.45, 2.75) is 43.9 Å². The molecule has 132 valence electrons. The maximum atomic E-state index is 12.5. The van der Waals surface area contributed by atoms with Crippen molar-refractivity contribution in [3.63, 3.8) is 0 Å². The van der Waals surface area contributed by atoms with Crippen LogP contribution < -0.4 is 9.62 Å². The van der Waals surface area contributed by atoms with E-state index in [0.29, 0.717) is 24.4 Å². The molecule has 1 aliphatic rings. The number of fused-ring (bicyclic) bond motifs is 1. The van der Waals surface area contributed by atoms with Gasteiger partial charge in [0, 0.05) is 36.6 Å². The van der Waals surface area contributed by atoms with Crippen LogP contribution in [0.3, 0.4) is 0 Å². The molecule has 0 spiro atoms. The van der Waals surface area contributed by atoms with Crippen LogP contribution in [-0.4, -0.2) is 34.3 Å². The van der Waals surface area contributed by atoms with Gasteiger partial charge in [0.15, 0.2) is 0 Å². The van der Waals surface area contributed by atoms with E-state index >= 15 is 0 Å². The van der Waals surface area contributed by atoms with Crippen molar-refractivity contribution >= 4 is 44.5 Å². The number of hydrogen-bond donors (Lipinski definition) is 2. The van der Waals surface area contributed by atoms with Gasteiger partial charge in [0.25, 0.3) is 0 Å². The number of unbranched alkanes of at least 4 members (excludes halogenated alkanes) is 2. The van der Waals surface area contributed by atoms with Crippen LogP contribution in [0.5, 0.6) is 0 Å². The van der Waals surface area contributed by atoms with Crippen LogP contribution in [0.25, 0.3) is 0 Å². The Morgan fingerprint density at radius 2 is 2.08 bits per heavy atom. The van der Waals surface area contributed by atoms with Gasteiger partial charge in [0.05, 0.1) is 4.90 Å². The SMILES string of the molecule is CC(=O)N1CCc2cc(Br)c(S(=O)NCCCCCC(=O)O)cc21. The summed E-state index contributed by atoms with van der Waals surface area (Å²) in [5.74, 6) is -0.803. The predicted molar refractivity (Wildman–Crippen MR) is 96.4 cm³/mol. The molecule has 1 aliphatic heterocycles. The fourth-order valence-electron chi connectivity index (χ4n) is 2.68. The topological polar surface area (TPSA) is 86.7 Å². The molecule has 0 saturated heterocycles. The molecule has 2 N–H and O–H groups in total. The second-order valence-electron chi connectivity index (χ2n) is 5.70. The van der Waals surface area contributed by atoms with E-state index in [0.717, 1.165) is 35.0 Å². The maximum absolute atomic E-state index is 12.5. The van der Waals surface area contributed by atoms with Gasteiger partial charge in [-0.15, -0.1) is 0 Å². The Labute approximate surface area is 152 Å². The molecular formula is C16H21BrN2O4S. The number of halogens is 1. The van der Waals surface area contributed by atoms with Crippen LogP contribution in [0.4, 0.5) is 5.69 Å². The molecule has 1 aromatic rings. The molecule has 0 radical (unpaired) electrons. The number of hydrogen-bond acceptors (Lipinski definition) is 3. The Bertz CT molecular complexity index is 666. The zero-order valence-corrected chi connectivity index (χ0v) is 15.9. The monoisotopic (exact) mass is 416 g/mol. The van der Waals surface area contributed by atoms with E-state index in [1.54, 1.807) is 11.0 Å². The van der Waals surface area contributed by atoms with E-state index in [4.69, 9.17) is 5.11 Å². The summed E-state index contributed by atoms with van der Waals surface area (Å²) in [6.07, 6.45) is 3.14. The highest BCUT2D eigenvalue weighted by Gasteiger charge is 2.24. The van der Waals surface area contributed by atoms with E-state index in [9.17, 15) is 13.8 Å². The molecule has 1 atom stereocenters. The molecule has 6 nitrogen and oxygen atoms in total. The first-order valence-electron chi connectivity index (χ1n) is 7.87. The number of aliphatic carboxylic acids is 1. The first-order chi connectivity index (χ1) is 11.4. The molecule has 1 heterocycles. The largest absolute Gasteiger partial charge is 0.481 e. The minimum absolute atomic E-state index is 0.0146. The van der Waals surface area contributed by atoms with Crippen molar-refractivity contribution in [2.75, 3.05) is 18.0 Å². The molecule has 0 aromatic heterocycles. The Balaban J connectivity index is 1.94. The highest BCUT2D eigenvalue weighted by Crippen LogP contribution is 2.34. The summed E-state index contributed by atoms with van der Waals surface area (Å²) in [6, 6.07) is 3.74. The third kappa shape index (κ3) is 4.87. The second-order valence-corrected chi connectivity index (χ2v) is 7.82. The molecule has 0 aliphatic carbocycles. The molecule has 8 heteroatoms. The summed E-state index contributed by atoms with van der Waals surface area (Å²) in [5.41, 5.74) is 1.91. The molecule has 2 rings (SSSR count). The minimum atomic E-state index is -1.38. The van der Waals surface area contributed by atoms with Crippen molar-refractivity contribution in [2.24, 2.45) is 0 Å². The van der Waals surface area contributed by atoms with Crippen LogP contribution >= 0.6 is 15.9 Å². The lowest BCUT2D eigenvalue weighted by atomic mass is 10.2. The van der Waals surface area contributed by atoms with Crippen LogP contribution in [0.15, 0.2) is 21.5 Å². The van der Waals surface area contributed by atoms with E-state index in [-0.39, 0.29) is 12.3 Å². The summed E-state index contributed by atoms with van der Waals surface area (Å²) in [5, 5.41) is 8.58. The first-order valence-corrected chi connectivity index (χ1v) is 9.82. The Hall–Kier alpha value is -1.25. The lowest BCUT2D eigenvalue weighted by Crippen LogP contribution is -2.26. The molecule has 0 saturated carbocycles. The average molecular weight is 417 g/mol. The lowest BCUT2D eigenvalue weighted by Gasteiger charge is -2.16. The van der Waals surface area contributed by atoms with Gasteiger partial charge in [-0.05, 0) is 52.9 Å². The Morgan fingerprint density at radius 3 is 2.75 bits per heavy atom. The number of nitrogens with zero attached hydrogens (tertiary/aromatic N) is 1. The molecule has 24 heavy (non-hydrogen) atoms. The van der Waals surface area contributed by atoms with Crippen LogP contribution in [0, 0.1) is 0 Å². The summed E-state index contributed by atoms with van der Waals surface area (Å²) in [7, 11) is -1.38. The van der Waals surface area contributed by atoms with Gasteiger partial charge in [-0.3, -0.25) is 9.59 Å². The van der Waals surface area contributed by atoms with Gasteiger partial charge < -0.3 is 10.0 Å². The number of rotatable bonds is 8. The average Bonchev–Trinajstić information content (AvgIpc) is 2.92. The first kappa shape index (κ1) is 19.1. The molecule has 1 amide bonds. The fourth-order valence-corrected chi connectivity index (χ4v) is 4.45. The highest BCUT2D eigenvalue weighted by atomic mass is 79.9. The molecule has 0 bridgehead atoms. The fraction of sp³-hybridized carbons (Fsp3) is 0.500. The molecule has 1 unspecified atom stereocenters. The standard InChI is InChI=1S/C16H21BrN2O4S/c1-11(20)19-8-6-12-9-13(17)15(10-14(12)19)24(23)18-7-4-2-3-5-16(21)22/h9-10,18H,2-8H2,1H3,(H,21,22). The van der Waals surface area contributed by atoms with Crippen LogP contribution in [0.2, 0.25) is 0 Å². The van der Waals surface area contributed by atoms with Crippen LogP contribution in [0.1, 0.15) is 38.2 Å². The van der Waals surface area contributed by atoms with Gasteiger partial charge in [-0.1, -0.05) is 6.42 Å². The van der Waals surface area contributed by atoms with Crippen molar-refractivity contribution in [1.29, 1.82) is 0 Å². The van der Waals surface area contributed by atoms with Crippen molar-refractivity contribution < 1.29 is 18.9 Å². The zero-order valence-electron chi connectivity index (χ0n) is 13.5. The predicted octanol–water partition coefficient (Wildman–Crippen LogP) is 2.62. The van der Waals surface area contributed by atoms with Crippen molar-refractivity contribution in [3.05, 3.63) is 22.2 Å². The van der Waals surface area contributed by atoms with E-state index < -0.39 is 17.0 Å². The minimum Gasteiger partial charge on any atom is -0.481 e. The second kappa shape index (κ2) is 8.73. The quantitative estimate of drug-likeness (QED) is 0.637. The third-order valence-electron chi connectivity index (χ3n) is 3.91. The van der Waals surface area contributed by atoms with Gasteiger partial charge in [-0.25, -0.2) is 8.93 Å². The summed E-state index contributed by atoms with van der Waals surface area (Å²) < 4.78 is 16.2. The van der Waals surface area contributed by atoms with Crippen molar-refractivity contribution in [3.8, 4) is 0 Å². The number of anilines is 1. The number of nitrogens with one attached hydrogen (secondary N) is 1. The zero-order chi connectivity index (χ0) is 17.7. The summed E-state index contributed by atoms with van der Waals surface area (Å²) in [6.45, 7) is 2.74. The van der Waals surface area contributed by atoms with E-state index in [1.807, 2.05) is 6.07 Å². The number of amides is 1. The van der Waals surface area contributed by atoms with Gasteiger partial charge >= 0.3 is 5.97 Å². The highest BCUT2D eigenvalue weighted by molar-refractivity contribution is 9.10. The molecule has 0 fully saturated rings. The van der Waals surface area contributed by atoms with Gasteiger partial charge in [0.1, 0.15) is 11.0 Å². The Morgan fingerprint density at radius 1 is 1.33 bits per heavy atom. The van der Waals surface area contributed by atoms with Gasteiger partial charge in [-0.2, -0.15) is 0 Å². The smallest absolute Gasteiger partial charge is 0.303 e. The lowest BCUT2D eigenvalue weighted by molar-refractivity contribution is -0.137. The third-order valence-corrected chi connectivity index (χ3v) is 6.03. The molecular weight excluding hydrogens is 396 g/mol. The number of carbonyl (C=O) groups is 2. The number of benzene rings is 1. The van der Waals surface area contributed by atoms with E-state index in [2.05, 4.69) is 20.7 Å². The Kier molecular flexibility index (Phi) is 6.94. The van der Waals surface area contributed by atoms with E-state index in [1.165, 1.54) is 6.92 Å². The van der Waals surface area contributed by atoms with Crippen molar-refractivity contribution in [1.82, 2.24) is 4.72 Å². The molecule has 1 aromatic carbocycles. The summed E-state index contributed by atoms with van der Waals surface area (Å²) >= 11 is 3.46. The normalized spacial score (nSPS) is 14.5.